The van der Waals surface area contributed by atoms with Crippen LogP contribution in [0, 0.1) is 6.92 Å². The van der Waals surface area contributed by atoms with Crippen LogP contribution in [0.15, 0.2) is 19.5 Å². The van der Waals surface area contributed by atoms with Crippen LogP contribution in [0.1, 0.15) is 11.1 Å². The van der Waals surface area contributed by atoms with E-state index in [2.05, 4.69) is 52.5 Å². The molecule has 0 saturated heterocycles. The van der Waals surface area contributed by atoms with Gasteiger partial charge in [-0.2, -0.15) is 0 Å². The molecular weight excluding hydrogens is 392 g/mol. The van der Waals surface area contributed by atoms with Crippen LogP contribution in [0.2, 0.25) is 0 Å². The fourth-order valence-corrected chi connectivity index (χ4v) is 3.52. The third-order valence-corrected chi connectivity index (χ3v) is 4.65. The van der Waals surface area contributed by atoms with Crippen LogP contribution in [-0.4, -0.2) is 13.1 Å². The molecule has 1 aromatic rings. The largest absolute Gasteiger partial charge is 0.469 e. The molecule has 0 aliphatic heterocycles. The molecule has 0 aliphatic carbocycles. The van der Waals surface area contributed by atoms with Gasteiger partial charge in [-0.25, -0.2) is 0 Å². The number of ether oxygens (including phenoxy) is 1. The lowest BCUT2D eigenvalue weighted by Crippen LogP contribution is -2.06. The summed E-state index contributed by atoms with van der Waals surface area (Å²) >= 11 is 10.3. The summed E-state index contributed by atoms with van der Waals surface area (Å²) in [5, 5.41) is 0. The molecule has 0 amide bonds. The Hall–Kier alpha value is 0.130. The van der Waals surface area contributed by atoms with Crippen LogP contribution in [0.5, 0.6) is 0 Å². The first-order chi connectivity index (χ1) is 6.97. The molecule has 0 aliphatic rings. The number of hydrogen-bond donors (Lipinski definition) is 0. The molecule has 0 atom stereocenters. The van der Waals surface area contributed by atoms with Crippen LogP contribution in [-0.2, 0) is 16.0 Å². The predicted molar refractivity (Wildman–Crippen MR) is 70.0 cm³/mol. The average molecular weight is 401 g/mol. The van der Waals surface area contributed by atoms with Gasteiger partial charge < -0.3 is 4.74 Å². The van der Waals surface area contributed by atoms with Gasteiger partial charge in [0.25, 0.3) is 0 Å². The molecule has 0 radical (unpaired) electrons. The Balaban J connectivity index is 3.18. The Kier molecular flexibility index (Phi) is 4.80. The van der Waals surface area contributed by atoms with Crippen LogP contribution in [0.25, 0.3) is 0 Å². The number of hydrogen-bond acceptors (Lipinski definition) is 2. The number of carbonyl (C=O) groups is 1. The van der Waals surface area contributed by atoms with Crippen molar-refractivity contribution < 1.29 is 9.53 Å². The molecule has 0 fully saturated rings. The molecule has 0 aromatic heterocycles. The highest BCUT2D eigenvalue weighted by Gasteiger charge is 2.14. The zero-order valence-electron chi connectivity index (χ0n) is 8.23. The standard InChI is InChI=1S/C10H9Br3O2/c1-5-7(11)4-8(12)6(10(5)13)3-9(14)15-2/h4H,3H2,1-2H3. The summed E-state index contributed by atoms with van der Waals surface area (Å²) in [6.07, 6.45) is 0.256. The SMILES string of the molecule is COC(=O)Cc1c(Br)cc(Br)c(C)c1Br. The van der Waals surface area contributed by atoms with Crippen LogP contribution >= 0.6 is 47.8 Å². The van der Waals surface area contributed by atoms with Gasteiger partial charge in [0.05, 0.1) is 13.5 Å². The Morgan fingerprint density at radius 3 is 2.47 bits per heavy atom. The zero-order valence-corrected chi connectivity index (χ0v) is 13.0. The van der Waals surface area contributed by atoms with Crippen molar-refractivity contribution in [2.24, 2.45) is 0 Å². The van der Waals surface area contributed by atoms with E-state index in [1.165, 1.54) is 7.11 Å². The quantitative estimate of drug-likeness (QED) is 0.701. The maximum absolute atomic E-state index is 11.2. The highest BCUT2D eigenvalue weighted by Crippen LogP contribution is 2.34. The van der Waals surface area contributed by atoms with Crippen molar-refractivity contribution in [2.75, 3.05) is 7.11 Å². The lowest BCUT2D eigenvalue weighted by atomic mass is 10.1. The van der Waals surface area contributed by atoms with Gasteiger partial charge in [-0.15, -0.1) is 0 Å². The molecule has 1 aromatic carbocycles. The Bertz CT molecular complexity index is 402. The molecule has 2 nitrogen and oxygen atoms in total. The second kappa shape index (κ2) is 5.46. The van der Waals surface area contributed by atoms with Crippen LogP contribution < -0.4 is 0 Å². The Morgan fingerprint density at radius 1 is 1.33 bits per heavy atom. The molecule has 1 rings (SSSR count). The molecule has 0 saturated carbocycles. The molecule has 82 valence electrons. The topological polar surface area (TPSA) is 26.3 Å². The van der Waals surface area contributed by atoms with E-state index < -0.39 is 0 Å². The summed E-state index contributed by atoms with van der Waals surface area (Å²) in [7, 11) is 1.38. The second-order valence-corrected chi connectivity index (χ2v) is 5.51. The summed E-state index contributed by atoms with van der Waals surface area (Å²) in [4.78, 5) is 11.2. The number of rotatable bonds is 2. The van der Waals surface area contributed by atoms with E-state index in [0.29, 0.717) is 0 Å². The molecule has 5 heteroatoms. The minimum Gasteiger partial charge on any atom is -0.469 e. The summed E-state index contributed by atoms with van der Waals surface area (Å²) in [6, 6.07) is 1.93. The fourth-order valence-electron chi connectivity index (χ4n) is 1.12. The van der Waals surface area contributed by atoms with Gasteiger partial charge in [0.2, 0.25) is 0 Å². The van der Waals surface area contributed by atoms with Crippen LogP contribution in [0.3, 0.4) is 0 Å². The smallest absolute Gasteiger partial charge is 0.310 e. The van der Waals surface area contributed by atoms with Gasteiger partial charge in [-0.1, -0.05) is 47.8 Å². The lowest BCUT2D eigenvalue weighted by Gasteiger charge is -2.10. The number of benzene rings is 1. The van der Waals surface area contributed by atoms with E-state index in [1.54, 1.807) is 0 Å². The van der Waals surface area contributed by atoms with Crippen molar-refractivity contribution >= 4 is 53.8 Å². The first-order valence-electron chi connectivity index (χ1n) is 4.17. The predicted octanol–water partition coefficient (Wildman–Crippen LogP) is 4.00. The van der Waals surface area contributed by atoms with Gasteiger partial charge >= 0.3 is 5.97 Å². The second-order valence-electron chi connectivity index (χ2n) is 3.01. The summed E-state index contributed by atoms with van der Waals surface area (Å²) < 4.78 is 7.45. The molecule has 0 heterocycles. The van der Waals surface area contributed by atoms with Gasteiger partial charge in [-0.3, -0.25) is 4.79 Å². The molecule has 0 unspecified atom stereocenters. The van der Waals surface area contributed by atoms with E-state index in [4.69, 9.17) is 0 Å². The van der Waals surface area contributed by atoms with E-state index in [9.17, 15) is 4.79 Å². The lowest BCUT2D eigenvalue weighted by molar-refractivity contribution is -0.139. The fraction of sp³-hybridized carbons (Fsp3) is 0.300. The van der Waals surface area contributed by atoms with Crippen molar-refractivity contribution in [1.29, 1.82) is 0 Å². The molecule has 0 bridgehead atoms. The third kappa shape index (κ3) is 3.04. The molecule has 0 N–H and O–H groups in total. The van der Waals surface area contributed by atoms with Crippen molar-refractivity contribution in [3.8, 4) is 0 Å². The highest BCUT2D eigenvalue weighted by molar-refractivity contribution is 9.11. The van der Waals surface area contributed by atoms with Gasteiger partial charge in [0, 0.05) is 13.4 Å². The van der Waals surface area contributed by atoms with Crippen LogP contribution in [0.4, 0.5) is 0 Å². The molecule has 15 heavy (non-hydrogen) atoms. The first kappa shape index (κ1) is 13.2. The monoisotopic (exact) mass is 398 g/mol. The van der Waals surface area contributed by atoms with Gasteiger partial charge in [0.1, 0.15) is 0 Å². The number of esters is 1. The van der Waals surface area contributed by atoms with E-state index in [0.717, 1.165) is 24.5 Å². The van der Waals surface area contributed by atoms with E-state index in [-0.39, 0.29) is 12.4 Å². The van der Waals surface area contributed by atoms with Gasteiger partial charge in [-0.05, 0) is 24.1 Å². The third-order valence-electron chi connectivity index (χ3n) is 2.04. The van der Waals surface area contributed by atoms with E-state index in [1.807, 2.05) is 13.0 Å². The molecular formula is C10H9Br3O2. The average Bonchev–Trinajstić information content (AvgIpc) is 2.21. The Morgan fingerprint density at radius 2 is 1.93 bits per heavy atom. The van der Waals surface area contributed by atoms with Crippen molar-refractivity contribution in [1.82, 2.24) is 0 Å². The zero-order chi connectivity index (χ0) is 11.6. The Labute approximate surface area is 114 Å². The maximum Gasteiger partial charge on any atom is 0.310 e. The normalized spacial score (nSPS) is 10.2. The summed E-state index contributed by atoms with van der Waals surface area (Å²) in [5.74, 6) is -0.252. The number of carbonyl (C=O) groups excluding carboxylic acids is 1. The summed E-state index contributed by atoms with van der Waals surface area (Å²) in [6.45, 7) is 1.97. The van der Waals surface area contributed by atoms with Gasteiger partial charge in [0.15, 0.2) is 0 Å². The summed E-state index contributed by atoms with van der Waals surface area (Å²) in [5.41, 5.74) is 1.97. The van der Waals surface area contributed by atoms with Crippen molar-refractivity contribution in [3.05, 3.63) is 30.6 Å². The molecule has 0 spiro atoms. The van der Waals surface area contributed by atoms with Crippen molar-refractivity contribution in [3.63, 3.8) is 0 Å². The van der Waals surface area contributed by atoms with E-state index >= 15 is 0 Å². The first-order valence-corrected chi connectivity index (χ1v) is 6.55. The highest BCUT2D eigenvalue weighted by atomic mass is 79.9. The minimum atomic E-state index is -0.252. The minimum absolute atomic E-state index is 0.252. The number of methoxy groups -OCH3 is 1. The maximum atomic E-state index is 11.2. The number of halogens is 3. The van der Waals surface area contributed by atoms with Crippen molar-refractivity contribution in [2.45, 2.75) is 13.3 Å².